The van der Waals surface area contributed by atoms with E-state index in [1.807, 2.05) is 0 Å². The quantitative estimate of drug-likeness (QED) is 0.856. The molecule has 0 saturated heterocycles. The predicted octanol–water partition coefficient (Wildman–Crippen LogP) is 2.24. The number of hydrogen-bond donors (Lipinski definition) is 1. The van der Waals surface area contributed by atoms with Gasteiger partial charge in [0.05, 0.1) is 11.3 Å². The largest absolute Gasteiger partial charge is 0.325 e. The van der Waals surface area contributed by atoms with Gasteiger partial charge in [-0.1, -0.05) is 15.9 Å². The first-order valence-corrected chi connectivity index (χ1v) is 4.07. The molecule has 0 aromatic carbocycles. The second-order valence-corrected chi connectivity index (χ2v) is 3.01. The molecule has 0 spiro atoms. The molecule has 0 aliphatic rings. The van der Waals surface area contributed by atoms with Crippen LogP contribution in [0.25, 0.3) is 0 Å². The summed E-state index contributed by atoms with van der Waals surface area (Å²) in [5, 5.41) is 0. The van der Waals surface area contributed by atoms with Crippen molar-refractivity contribution in [1.29, 1.82) is 0 Å². The number of nitrogens with zero attached hydrogens (tertiary/aromatic N) is 1. The molecule has 1 rings (SSSR count). The Bertz CT molecular complexity index is 278. The van der Waals surface area contributed by atoms with Crippen molar-refractivity contribution in [2.45, 2.75) is 13.0 Å². The van der Waals surface area contributed by atoms with Crippen molar-refractivity contribution < 1.29 is 8.78 Å². The van der Waals surface area contributed by atoms with Crippen LogP contribution in [0.2, 0.25) is 0 Å². The normalized spacial score (nSPS) is 10.8. The Labute approximate surface area is 76.9 Å². The molecule has 0 saturated carbocycles. The maximum Gasteiger partial charge on any atom is 0.266 e. The fourth-order valence-corrected chi connectivity index (χ4v) is 1.40. The average Bonchev–Trinajstić information content (AvgIpc) is 2.03. The van der Waals surface area contributed by atoms with Gasteiger partial charge in [0.15, 0.2) is 0 Å². The van der Waals surface area contributed by atoms with Crippen LogP contribution in [0.1, 0.15) is 17.7 Å². The van der Waals surface area contributed by atoms with Crippen LogP contribution in [0.15, 0.2) is 16.7 Å². The summed E-state index contributed by atoms with van der Waals surface area (Å²) in [6, 6.07) is 1.47. The number of rotatable bonds is 2. The summed E-state index contributed by atoms with van der Waals surface area (Å²) < 4.78 is 25.1. The number of halogens is 3. The van der Waals surface area contributed by atoms with Crippen molar-refractivity contribution >= 4 is 15.9 Å². The first-order valence-electron chi connectivity index (χ1n) is 3.28. The van der Waals surface area contributed by atoms with Gasteiger partial charge in [0.25, 0.3) is 6.43 Å². The van der Waals surface area contributed by atoms with Crippen molar-refractivity contribution in [2.75, 3.05) is 0 Å². The predicted molar refractivity (Wildman–Crippen MR) is 44.8 cm³/mol. The fourth-order valence-electron chi connectivity index (χ4n) is 0.883. The zero-order chi connectivity index (χ0) is 9.14. The van der Waals surface area contributed by atoms with E-state index in [0.717, 1.165) is 0 Å². The highest BCUT2D eigenvalue weighted by atomic mass is 79.9. The lowest BCUT2D eigenvalue weighted by Gasteiger charge is -2.06. The molecular weight excluding hydrogens is 230 g/mol. The molecule has 0 unspecified atom stereocenters. The van der Waals surface area contributed by atoms with E-state index in [0.29, 0.717) is 4.47 Å². The van der Waals surface area contributed by atoms with Gasteiger partial charge in [0.2, 0.25) is 0 Å². The Morgan fingerprint density at radius 2 is 2.25 bits per heavy atom. The summed E-state index contributed by atoms with van der Waals surface area (Å²) in [4.78, 5) is 3.74. The maximum atomic E-state index is 12.3. The van der Waals surface area contributed by atoms with Crippen molar-refractivity contribution in [2.24, 2.45) is 5.73 Å². The van der Waals surface area contributed by atoms with Crippen LogP contribution in [0, 0.1) is 0 Å². The Hall–Kier alpha value is -0.550. The minimum atomic E-state index is -2.54. The zero-order valence-electron chi connectivity index (χ0n) is 6.10. The molecule has 1 heterocycles. The van der Waals surface area contributed by atoms with Crippen LogP contribution in [0.5, 0.6) is 0 Å². The highest BCUT2D eigenvalue weighted by Crippen LogP contribution is 2.28. The molecule has 66 valence electrons. The monoisotopic (exact) mass is 236 g/mol. The third-order valence-corrected chi connectivity index (χ3v) is 2.12. The Morgan fingerprint density at radius 3 is 2.67 bits per heavy atom. The molecule has 5 heteroatoms. The Morgan fingerprint density at radius 1 is 1.58 bits per heavy atom. The molecule has 1 aromatic rings. The lowest BCUT2D eigenvalue weighted by molar-refractivity contribution is 0.149. The van der Waals surface area contributed by atoms with Crippen LogP contribution < -0.4 is 5.73 Å². The molecule has 0 bridgehead atoms. The standard InChI is InChI=1S/C7H7BrF2N2/c8-4-1-2-12-5(3-11)6(4)7(9)10/h1-2,7H,3,11H2. The van der Waals surface area contributed by atoms with Gasteiger partial charge in [-0.05, 0) is 6.07 Å². The van der Waals surface area contributed by atoms with Crippen LogP contribution in [0.3, 0.4) is 0 Å². The van der Waals surface area contributed by atoms with Crippen LogP contribution in [-0.4, -0.2) is 4.98 Å². The second-order valence-electron chi connectivity index (χ2n) is 2.16. The minimum Gasteiger partial charge on any atom is -0.325 e. The summed E-state index contributed by atoms with van der Waals surface area (Å²) in [6.07, 6.45) is -1.09. The Kier molecular flexibility index (Phi) is 3.11. The van der Waals surface area contributed by atoms with Crippen LogP contribution in [-0.2, 0) is 6.54 Å². The van der Waals surface area contributed by atoms with E-state index in [9.17, 15) is 8.78 Å². The fraction of sp³-hybridized carbons (Fsp3) is 0.286. The van der Waals surface area contributed by atoms with Gasteiger partial charge in [-0.25, -0.2) is 8.78 Å². The number of hydrogen-bond acceptors (Lipinski definition) is 2. The number of nitrogens with two attached hydrogens (primary N) is 1. The van der Waals surface area contributed by atoms with Gasteiger partial charge in [-0.3, -0.25) is 4.98 Å². The molecule has 0 atom stereocenters. The summed E-state index contributed by atoms with van der Waals surface area (Å²) in [5.41, 5.74) is 5.37. The highest BCUT2D eigenvalue weighted by Gasteiger charge is 2.16. The van der Waals surface area contributed by atoms with E-state index >= 15 is 0 Å². The number of aromatic nitrogens is 1. The van der Waals surface area contributed by atoms with E-state index in [-0.39, 0.29) is 17.8 Å². The topological polar surface area (TPSA) is 38.9 Å². The van der Waals surface area contributed by atoms with E-state index < -0.39 is 6.43 Å². The summed E-state index contributed by atoms with van der Waals surface area (Å²) in [7, 11) is 0. The van der Waals surface area contributed by atoms with E-state index in [1.165, 1.54) is 12.3 Å². The van der Waals surface area contributed by atoms with E-state index in [1.54, 1.807) is 0 Å². The first-order chi connectivity index (χ1) is 5.66. The molecule has 0 amide bonds. The van der Waals surface area contributed by atoms with Gasteiger partial charge in [0, 0.05) is 17.2 Å². The smallest absolute Gasteiger partial charge is 0.266 e. The summed E-state index contributed by atoms with van der Waals surface area (Å²) in [5.74, 6) is 0. The first kappa shape index (κ1) is 9.54. The molecule has 0 aliphatic carbocycles. The van der Waals surface area contributed by atoms with Gasteiger partial charge >= 0.3 is 0 Å². The summed E-state index contributed by atoms with van der Waals surface area (Å²) in [6.45, 7) is 0.0269. The maximum absolute atomic E-state index is 12.3. The highest BCUT2D eigenvalue weighted by molar-refractivity contribution is 9.10. The second kappa shape index (κ2) is 3.91. The molecular formula is C7H7BrF2N2. The number of alkyl halides is 2. The molecule has 2 N–H and O–H groups in total. The van der Waals surface area contributed by atoms with Crippen LogP contribution in [0.4, 0.5) is 8.78 Å². The lowest BCUT2D eigenvalue weighted by atomic mass is 10.2. The van der Waals surface area contributed by atoms with Gasteiger partial charge < -0.3 is 5.73 Å². The lowest BCUT2D eigenvalue weighted by Crippen LogP contribution is -2.05. The van der Waals surface area contributed by atoms with Gasteiger partial charge in [-0.15, -0.1) is 0 Å². The van der Waals surface area contributed by atoms with Crippen LogP contribution >= 0.6 is 15.9 Å². The van der Waals surface area contributed by atoms with Crippen molar-refractivity contribution in [3.63, 3.8) is 0 Å². The molecule has 0 radical (unpaired) electrons. The van der Waals surface area contributed by atoms with E-state index in [2.05, 4.69) is 20.9 Å². The molecule has 1 aromatic heterocycles. The van der Waals surface area contributed by atoms with Gasteiger partial charge in [0.1, 0.15) is 0 Å². The molecule has 0 fully saturated rings. The Balaban J connectivity index is 3.20. The van der Waals surface area contributed by atoms with E-state index in [4.69, 9.17) is 5.73 Å². The molecule has 2 nitrogen and oxygen atoms in total. The third-order valence-electron chi connectivity index (χ3n) is 1.43. The average molecular weight is 237 g/mol. The molecule has 12 heavy (non-hydrogen) atoms. The van der Waals surface area contributed by atoms with Crippen molar-refractivity contribution in [3.8, 4) is 0 Å². The van der Waals surface area contributed by atoms with Gasteiger partial charge in [-0.2, -0.15) is 0 Å². The molecule has 0 aliphatic heterocycles. The summed E-state index contributed by atoms with van der Waals surface area (Å²) >= 11 is 3.01. The van der Waals surface area contributed by atoms with Crippen molar-refractivity contribution in [1.82, 2.24) is 4.98 Å². The number of pyridine rings is 1. The zero-order valence-corrected chi connectivity index (χ0v) is 7.68. The van der Waals surface area contributed by atoms with Crippen molar-refractivity contribution in [3.05, 3.63) is 28.0 Å². The third kappa shape index (κ3) is 1.78. The minimum absolute atomic E-state index is 0.0269. The SMILES string of the molecule is NCc1nccc(Br)c1C(F)F.